The van der Waals surface area contributed by atoms with E-state index in [1.54, 1.807) is 19.1 Å². The van der Waals surface area contributed by atoms with Crippen LogP contribution in [0.2, 0.25) is 0 Å². The Morgan fingerprint density at radius 3 is 2.50 bits per heavy atom. The van der Waals surface area contributed by atoms with Crippen LogP contribution in [0.4, 0.5) is 5.69 Å². The van der Waals surface area contributed by atoms with Crippen LogP contribution < -0.4 is 10.1 Å². The first kappa shape index (κ1) is 20.4. The van der Waals surface area contributed by atoms with Gasteiger partial charge in [-0.05, 0) is 56.0 Å². The van der Waals surface area contributed by atoms with E-state index in [0.29, 0.717) is 19.7 Å². The lowest BCUT2D eigenvalue weighted by atomic mass is 10.1. The normalized spacial score (nSPS) is 14.8. The second-order valence-corrected chi connectivity index (χ2v) is 8.58. The first-order valence-corrected chi connectivity index (χ1v) is 11.1. The zero-order valence-electron chi connectivity index (χ0n) is 16.3. The molecule has 2 aromatic rings. The molecule has 0 unspecified atom stereocenters. The molecule has 1 aliphatic rings. The van der Waals surface area contributed by atoms with Crippen molar-refractivity contribution >= 4 is 21.6 Å². The van der Waals surface area contributed by atoms with Gasteiger partial charge in [0.1, 0.15) is 10.6 Å². The second kappa shape index (κ2) is 8.75. The number of nitrogens with one attached hydrogen (secondary N) is 1. The van der Waals surface area contributed by atoms with Gasteiger partial charge in [0.2, 0.25) is 10.0 Å². The van der Waals surface area contributed by atoms with Crippen LogP contribution in [-0.4, -0.2) is 38.3 Å². The summed E-state index contributed by atoms with van der Waals surface area (Å²) in [4.78, 5) is 12.8. The van der Waals surface area contributed by atoms with Gasteiger partial charge in [0.25, 0.3) is 5.91 Å². The monoisotopic (exact) mass is 402 g/mol. The van der Waals surface area contributed by atoms with Crippen LogP contribution in [0.25, 0.3) is 0 Å². The summed E-state index contributed by atoms with van der Waals surface area (Å²) in [6, 6.07) is 12.2. The number of para-hydroxylation sites is 1. The van der Waals surface area contributed by atoms with E-state index >= 15 is 0 Å². The van der Waals surface area contributed by atoms with Gasteiger partial charge in [-0.1, -0.05) is 25.1 Å². The number of rotatable bonds is 7. The lowest BCUT2D eigenvalue weighted by molar-refractivity contribution is 0.102. The van der Waals surface area contributed by atoms with Gasteiger partial charge < -0.3 is 10.1 Å². The standard InChI is InChI=1S/C21H26N2O4S/c1-3-16-9-5-6-10-18(16)22-21(24)17-11-12-19(27-4-2)20(15-17)28(25,26)23-13-7-8-14-23/h5-6,9-12,15H,3-4,7-8,13-14H2,1-2H3,(H,22,24). The smallest absolute Gasteiger partial charge is 0.255 e. The highest BCUT2D eigenvalue weighted by Gasteiger charge is 2.30. The number of carbonyl (C=O) groups excluding carboxylic acids is 1. The van der Waals surface area contributed by atoms with Crippen LogP contribution in [0.3, 0.4) is 0 Å². The third-order valence-electron chi connectivity index (χ3n) is 4.84. The van der Waals surface area contributed by atoms with Crippen LogP contribution in [0, 0.1) is 0 Å². The maximum atomic E-state index is 13.1. The van der Waals surface area contributed by atoms with E-state index in [9.17, 15) is 13.2 Å². The van der Waals surface area contributed by atoms with Gasteiger partial charge in [-0.2, -0.15) is 4.31 Å². The van der Waals surface area contributed by atoms with Crippen LogP contribution in [-0.2, 0) is 16.4 Å². The fraction of sp³-hybridized carbons (Fsp3) is 0.381. The Bertz CT molecular complexity index is 951. The molecule has 3 rings (SSSR count). The number of ether oxygens (including phenoxy) is 1. The molecule has 6 nitrogen and oxygen atoms in total. The van der Waals surface area contributed by atoms with Gasteiger partial charge in [0.05, 0.1) is 6.61 Å². The predicted molar refractivity (Wildman–Crippen MR) is 109 cm³/mol. The summed E-state index contributed by atoms with van der Waals surface area (Å²) in [6.45, 7) is 5.15. The molecular weight excluding hydrogens is 376 g/mol. The minimum Gasteiger partial charge on any atom is -0.492 e. The van der Waals surface area contributed by atoms with E-state index in [1.165, 1.54) is 10.4 Å². The summed E-state index contributed by atoms with van der Waals surface area (Å²) >= 11 is 0. The van der Waals surface area contributed by atoms with Crippen molar-refractivity contribution in [2.75, 3.05) is 25.0 Å². The third kappa shape index (κ3) is 4.20. The average Bonchev–Trinajstić information content (AvgIpc) is 3.24. The first-order chi connectivity index (χ1) is 13.5. The molecule has 28 heavy (non-hydrogen) atoms. The van der Waals surface area contributed by atoms with Gasteiger partial charge >= 0.3 is 0 Å². The van der Waals surface area contributed by atoms with E-state index in [4.69, 9.17) is 4.74 Å². The zero-order chi connectivity index (χ0) is 20.1. The van der Waals surface area contributed by atoms with Crippen molar-refractivity contribution in [3.8, 4) is 5.75 Å². The first-order valence-electron chi connectivity index (χ1n) is 9.63. The summed E-state index contributed by atoms with van der Waals surface area (Å²) in [7, 11) is -3.70. The van der Waals surface area contributed by atoms with Gasteiger partial charge in [0.15, 0.2) is 0 Å². The Labute approximate surface area is 166 Å². The Morgan fingerprint density at radius 1 is 1.11 bits per heavy atom. The fourth-order valence-electron chi connectivity index (χ4n) is 3.34. The van der Waals surface area contributed by atoms with Crippen molar-refractivity contribution in [3.63, 3.8) is 0 Å². The van der Waals surface area contributed by atoms with Crippen LogP contribution in [0.5, 0.6) is 5.75 Å². The maximum Gasteiger partial charge on any atom is 0.255 e. The average molecular weight is 403 g/mol. The molecule has 1 heterocycles. The van der Waals surface area contributed by atoms with Crippen molar-refractivity contribution in [2.24, 2.45) is 0 Å². The van der Waals surface area contributed by atoms with Crippen LogP contribution in [0.15, 0.2) is 47.4 Å². The summed E-state index contributed by atoms with van der Waals surface area (Å²) in [5.74, 6) is -0.0678. The van der Waals surface area contributed by atoms with E-state index in [0.717, 1.165) is 30.5 Å². The number of sulfonamides is 1. The highest BCUT2D eigenvalue weighted by Crippen LogP contribution is 2.30. The van der Waals surface area contributed by atoms with Crippen LogP contribution >= 0.6 is 0 Å². The summed E-state index contributed by atoms with van der Waals surface area (Å²) < 4.78 is 33.1. The molecule has 0 spiro atoms. The van der Waals surface area contributed by atoms with Crippen molar-refractivity contribution < 1.29 is 17.9 Å². The Balaban J connectivity index is 1.95. The molecule has 1 fully saturated rings. The quantitative estimate of drug-likeness (QED) is 0.766. The molecular formula is C21H26N2O4S. The van der Waals surface area contributed by atoms with Gasteiger partial charge in [-0.15, -0.1) is 0 Å². The van der Waals surface area contributed by atoms with Crippen molar-refractivity contribution in [3.05, 3.63) is 53.6 Å². The number of nitrogens with zero attached hydrogens (tertiary/aromatic N) is 1. The largest absolute Gasteiger partial charge is 0.492 e. The van der Waals surface area contributed by atoms with Gasteiger partial charge in [-0.3, -0.25) is 4.79 Å². The molecule has 0 aliphatic carbocycles. The molecule has 0 atom stereocenters. The molecule has 150 valence electrons. The summed E-state index contributed by atoms with van der Waals surface area (Å²) in [5, 5.41) is 2.89. The molecule has 0 bridgehead atoms. The Morgan fingerprint density at radius 2 is 1.82 bits per heavy atom. The minimum absolute atomic E-state index is 0.0488. The minimum atomic E-state index is -3.70. The van der Waals surface area contributed by atoms with Crippen molar-refractivity contribution in [2.45, 2.75) is 38.0 Å². The topological polar surface area (TPSA) is 75.7 Å². The lowest BCUT2D eigenvalue weighted by Crippen LogP contribution is -2.28. The molecule has 2 aromatic carbocycles. The molecule has 1 saturated heterocycles. The molecule has 0 saturated carbocycles. The van der Waals surface area contributed by atoms with Gasteiger partial charge in [0, 0.05) is 24.3 Å². The van der Waals surface area contributed by atoms with E-state index in [1.807, 2.05) is 31.2 Å². The molecule has 0 radical (unpaired) electrons. The second-order valence-electron chi connectivity index (χ2n) is 6.67. The molecule has 1 aliphatic heterocycles. The van der Waals surface area contributed by atoms with E-state index < -0.39 is 10.0 Å². The van der Waals surface area contributed by atoms with E-state index in [2.05, 4.69) is 5.32 Å². The number of hydrogen-bond acceptors (Lipinski definition) is 4. The summed E-state index contributed by atoms with van der Waals surface area (Å²) in [6.07, 6.45) is 2.47. The number of aryl methyl sites for hydroxylation is 1. The lowest BCUT2D eigenvalue weighted by Gasteiger charge is -2.19. The molecule has 1 N–H and O–H groups in total. The molecule has 1 amide bonds. The third-order valence-corrected chi connectivity index (χ3v) is 6.75. The molecule has 7 heteroatoms. The number of hydrogen-bond donors (Lipinski definition) is 1. The van der Waals surface area contributed by atoms with Gasteiger partial charge in [-0.25, -0.2) is 8.42 Å². The SMILES string of the molecule is CCOc1ccc(C(=O)Nc2ccccc2CC)cc1S(=O)(=O)N1CCCC1. The maximum absolute atomic E-state index is 13.1. The highest BCUT2D eigenvalue weighted by molar-refractivity contribution is 7.89. The number of benzene rings is 2. The zero-order valence-corrected chi connectivity index (χ0v) is 17.1. The van der Waals surface area contributed by atoms with Crippen LogP contribution in [0.1, 0.15) is 42.6 Å². The predicted octanol–water partition coefficient (Wildman–Crippen LogP) is 3.68. The Hall–Kier alpha value is -2.38. The number of carbonyl (C=O) groups is 1. The van der Waals surface area contributed by atoms with E-state index in [-0.39, 0.29) is 22.1 Å². The highest BCUT2D eigenvalue weighted by atomic mass is 32.2. The number of anilines is 1. The van der Waals surface area contributed by atoms with Crippen molar-refractivity contribution in [1.29, 1.82) is 0 Å². The molecule has 0 aromatic heterocycles. The number of amides is 1. The van der Waals surface area contributed by atoms with Crippen molar-refractivity contribution in [1.82, 2.24) is 4.31 Å². The summed E-state index contributed by atoms with van der Waals surface area (Å²) in [5.41, 5.74) is 2.03. The fourth-order valence-corrected chi connectivity index (χ4v) is 5.01. The Kier molecular flexibility index (Phi) is 6.36.